The van der Waals surface area contributed by atoms with Crippen LogP contribution in [0, 0.1) is 6.92 Å². The van der Waals surface area contributed by atoms with E-state index in [-0.39, 0.29) is 0 Å². The number of hydrogen-bond acceptors (Lipinski definition) is 5. The van der Waals surface area contributed by atoms with Gasteiger partial charge in [-0.05, 0) is 14.0 Å². The summed E-state index contributed by atoms with van der Waals surface area (Å²) < 4.78 is 7.08. The van der Waals surface area contributed by atoms with Crippen molar-refractivity contribution in [2.75, 3.05) is 20.7 Å². The van der Waals surface area contributed by atoms with Gasteiger partial charge in [0.2, 0.25) is 0 Å². The van der Waals surface area contributed by atoms with E-state index in [4.69, 9.17) is 4.74 Å². The normalized spacial score (nSPS) is 10.9. The molecule has 0 atom stereocenters. The molecule has 0 fully saturated rings. The highest BCUT2D eigenvalue weighted by molar-refractivity contribution is 5.07. The van der Waals surface area contributed by atoms with Crippen LogP contribution in [0.5, 0.6) is 6.01 Å². The third-order valence-electron chi connectivity index (χ3n) is 2.96. The molecule has 0 saturated carbocycles. The fraction of sp³-hybridized carbons (Fsp3) is 0.462. The van der Waals surface area contributed by atoms with Crippen LogP contribution in [0.4, 0.5) is 0 Å². The number of likely N-dealkylation sites (N-methyl/N-ethyl adjacent to an activating group) is 1. The second kappa shape index (κ2) is 6.29. The molecule has 0 N–H and O–H groups in total. The molecule has 0 bridgehead atoms. The van der Waals surface area contributed by atoms with Crippen molar-refractivity contribution in [3.05, 3.63) is 36.2 Å². The van der Waals surface area contributed by atoms with Crippen LogP contribution < -0.4 is 4.74 Å². The Morgan fingerprint density at radius 2 is 2.00 bits per heavy atom. The van der Waals surface area contributed by atoms with E-state index in [1.807, 2.05) is 19.3 Å². The molecule has 0 radical (unpaired) electrons. The summed E-state index contributed by atoms with van der Waals surface area (Å²) in [6.45, 7) is 4.71. The smallest absolute Gasteiger partial charge is 0.316 e. The van der Waals surface area contributed by atoms with E-state index in [1.54, 1.807) is 19.5 Å². The number of imidazole rings is 1. The van der Waals surface area contributed by atoms with E-state index in [2.05, 4.69) is 31.5 Å². The molecule has 0 unspecified atom stereocenters. The van der Waals surface area contributed by atoms with Crippen LogP contribution in [0.2, 0.25) is 0 Å². The molecule has 0 aromatic carbocycles. The standard InChI is InChI=1S/C13H19N5O/c1-11-14-4-5-18(11)7-6-17(2)10-12-8-15-13(19-3)16-9-12/h4-5,8-9H,6-7,10H2,1-3H3. The van der Waals surface area contributed by atoms with E-state index in [1.165, 1.54) is 0 Å². The van der Waals surface area contributed by atoms with E-state index < -0.39 is 0 Å². The van der Waals surface area contributed by atoms with Gasteiger partial charge in [0.25, 0.3) is 0 Å². The van der Waals surface area contributed by atoms with Crippen molar-refractivity contribution in [1.82, 2.24) is 24.4 Å². The minimum Gasteiger partial charge on any atom is -0.467 e. The number of aromatic nitrogens is 4. The molecule has 0 aliphatic rings. The van der Waals surface area contributed by atoms with E-state index in [0.29, 0.717) is 6.01 Å². The minimum absolute atomic E-state index is 0.403. The number of aryl methyl sites for hydroxylation is 1. The number of rotatable bonds is 6. The lowest BCUT2D eigenvalue weighted by atomic mass is 10.3. The first kappa shape index (κ1) is 13.5. The largest absolute Gasteiger partial charge is 0.467 e. The van der Waals surface area contributed by atoms with Crippen molar-refractivity contribution in [2.24, 2.45) is 0 Å². The molecule has 6 heteroatoms. The van der Waals surface area contributed by atoms with Crippen LogP contribution in [0.3, 0.4) is 0 Å². The highest BCUT2D eigenvalue weighted by Gasteiger charge is 2.03. The number of hydrogen-bond donors (Lipinski definition) is 0. The summed E-state index contributed by atoms with van der Waals surface area (Å²) in [6.07, 6.45) is 7.42. The van der Waals surface area contributed by atoms with Gasteiger partial charge in [0, 0.05) is 50.0 Å². The first-order valence-corrected chi connectivity index (χ1v) is 6.20. The molecule has 0 aliphatic heterocycles. The molecule has 2 heterocycles. The lowest BCUT2D eigenvalue weighted by Crippen LogP contribution is -2.23. The second-order valence-electron chi connectivity index (χ2n) is 4.48. The molecule has 6 nitrogen and oxygen atoms in total. The van der Waals surface area contributed by atoms with E-state index in [0.717, 1.165) is 31.0 Å². The monoisotopic (exact) mass is 261 g/mol. The first-order valence-electron chi connectivity index (χ1n) is 6.20. The van der Waals surface area contributed by atoms with Crippen molar-refractivity contribution < 1.29 is 4.74 Å². The third kappa shape index (κ3) is 3.75. The van der Waals surface area contributed by atoms with Crippen LogP contribution in [-0.4, -0.2) is 45.1 Å². The van der Waals surface area contributed by atoms with Gasteiger partial charge in [-0.2, -0.15) is 0 Å². The molecular weight excluding hydrogens is 242 g/mol. The Bertz CT molecular complexity index is 508. The Morgan fingerprint density at radius 3 is 2.58 bits per heavy atom. The summed E-state index contributed by atoms with van der Waals surface area (Å²) in [4.78, 5) is 14.6. The Kier molecular flexibility index (Phi) is 4.46. The Labute approximate surface area is 113 Å². The zero-order valence-corrected chi connectivity index (χ0v) is 11.6. The van der Waals surface area contributed by atoms with E-state index in [9.17, 15) is 0 Å². The van der Waals surface area contributed by atoms with Gasteiger partial charge in [-0.15, -0.1) is 0 Å². The van der Waals surface area contributed by atoms with Crippen LogP contribution >= 0.6 is 0 Å². The van der Waals surface area contributed by atoms with Gasteiger partial charge in [0.05, 0.1) is 7.11 Å². The molecule has 0 amide bonds. The van der Waals surface area contributed by atoms with Gasteiger partial charge < -0.3 is 14.2 Å². The zero-order chi connectivity index (χ0) is 13.7. The number of nitrogens with zero attached hydrogens (tertiary/aromatic N) is 5. The molecule has 0 saturated heterocycles. The van der Waals surface area contributed by atoms with Crippen molar-refractivity contribution in [3.8, 4) is 6.01 Å². The summed E-state index contributed by atoms with van der Waals surface area (Å²) in [5, 5.41) is 0. The molecule has 0 aliphatic carbocycles. The molecule has 2 aromatic rings. The minimum atomic E-state index is 0.403. The van der Waals surface area contributed by atoms with Gasteiger partial charge in [0.15, 0.2) is 0 Å². The van der Waals surface area contributed by atoms with Gasteiger partial charge in [-0.1, -0.05) is 0 Å². The van der Waals surface area contributed by atoms with Gasteiger partial charge in [0.1, 0.15) is 5.82 Å². The highest BCUT2D eigenvalue weighted by atomic mass is 16.5. The SMILES string of the molecule is COc1ncc(CN(C)CCn2ccnc2C)cn1. The molecule has 102 valence electrons. The first-order chi connectivity index (χ1) is 9.19. The van der Waals surface area contributed by atoms with Crippen molar-refractivity contribution in [2.45, 2.75) is 20.0 Å². The average Bonchev–Trinajstić information content (AvgIpc) is 2.83. The third-order valence-corrected chi connectivity index (χ3v) is 2.96. The quantitative estimate of drug-likeness (QED) is 0.780. The maximum atomic E-state index is 4.94. The van der Waals surface area contributed by atoms with E-state index >= 15 is 0 Å². The number of methoxy groups -OCH3 is 1. The Hall–Kier alpha value is -1.95. The van der Waals surface area contributed by atoms with Crippen LogP contribution in [0.25, 0.3) is 0 Å². The maximum Gasteiger partial charge on any atom is 0.316 e. The summed E-state index contributed by atoms with van der Waals surface area (Å²) in [5.74, 6) is 1.04. The fourth-order valence-corrected chi connectivity index (χ4v) is 1.84. The Morgan fingerprint density at radius 1 is 1.26 bits per heavy atom. The van der Waals surface area contributed by atoms with Crippen LogP contribution in [0.1, 0.15) is 11.4 Å². The summed E-state index contributed by atoms with van der Waals surface area (Å²) >= 11 is 0. The number of ether oxygens (including phenoxy) is 1. The fourth-order valence-electron chi connectivity index (χ4n) is 1.84. The predicted molar refractivity (Wildman–Crippen MR) is 71.9 cm³/mol. The van der Waals surface area contributed by atoms with Crippen molar-refractivity contribution >= 4 is 0 Å². The topological polar surface area (TPSA) is 56.1 Å². The summed E-state index contributed by atoms with van der Waals surface area (Å²) in [6, 6.07) is 0.403. The molecular formula is C13H19N5O. The van der Waals surface area contributed by atoms with Crippen molar-refractivity contribution in [3.63, 3.8) is 0 Å². The average molecular weight is 261 g/mol. The summed E-state index contributed by atoms with van der Waals surface area (Å²) in [7, 11) is 3.64. The lowest BCUT2D eigenvalue weighted by Gasteiger charge is -2.17. The predicted octanol–water partition coefficient (Wildman–Crippen LogP) is 1.12. The molecule has 19 heavy (non-hydrogen) atoms. The van der Waals surface area contributed by atoms with Gasteiger partial charge >= 0.3 is 6.01 Å². The molecule has 2 aromatic heterocycles. The van der Waals surface area contributed by atoms with Gasteiger partial charge in [-0.25, -0.2) is 15.0 Å². The summed E-state index contributed by atoms with van der Waals surface area (Å²) in [5.41, 5.74) is 1.07. The molecule has 2 rings (SSSR count). The van der Waals surface area contributed by atoms with Gasteiger partial charge in [-0.3, -0.25) is 0 Å². The van der Waals surface area contributed by atoms with Crippen molar-refractivity contribution in [1.29, 1.82) is 0 Å². The van der Waals surface area contributed by atoms with Crippen LogP contribution in [0.15, 0.2) is 24.8 Å². The Balaban J connectivity index is 1.83. The highest BCUT2D eigenvalue weighted by Crippen LogP contribution is 2.05. The van der Waals surface area contributed by atoms with Crippen LogP contribution in [-0.2, 0) is 13.1 Å². The molecule has 0 spiro atoms. The maximum absolute atomic E-state index is 4.94. The lowest BCUT2D eigenvalue weighted by molar-refractivity contribution is 0.308. The second-order valence-corrected chi connectivity index (χ2v) is 4.48. The zero-order valence-electron chi connectivity index (χ0n) is 11.6.